The molecule has 2 bridgehead atoms. The maximum Gasteiger partial charge on any atom is 0.261 e. The van der Waals surface area contributed by atoms with Crippen molar-refractivity contribution in [2.45, 2.75) is 25.3 Å². The fourth-order valence-electron chi connectivity index (χ4n) is 5.07. The highest BCUT2D eigenvalue weighted by molar-refractivity contribution is 6.21. The van der Waals surface area contributed by atoms with E-state index in [9.17, 15) is 14.4 Å². The fraction of sp³-hybridized carbons (Fsp3) is 0.409. The Morgan fingerprint density at radius 1 is 0.821 bits per heavy atom. The maximum absolute atomic E-state index is 12.5. The molecule has 1 fully saturated rings. The Labute approximate surface area is 163 Å². The number of likely N-dealkylation sites (tertiary alicyclic amines) is 1. The van der Waals surface area contributed by atoms with Gasteiger partial charge in [0, 0.05) is 43.9 Å². The normalized spacial score (nSPS) is 23.6. The number of amides is 2. The number of benzene rings is 1. The average molecular weight is 377 g/mol. The van der Waals surface area contributed by atoms with Crippen molar-refractivity contribution >= 4 is 11.8 Å². The highest BCUT2D eigenvalue weighted by Crippen LogP contribution is 2.35. The van der Waals surface area contributed by atoms with E-state index in [-0.39, 0.29) is 17.4 Å². The summed E-state index contributed by atoms with van der Waals surface area (Å²) >= 11 is 0. The van der Waals surface area contributed by atoms with Crippen molar-refractivity contribution in [1.82, 2.24) is 14.4 Å². The molecule has 0 saturated carbocycles. The van der Waals surface area contributed by atoms with Crippen LogP contribution in [0.2, 0.25) is 0 Å². The number of hydrogen-bond donors (Lipinski definition) is 0. The standard InChI is InChI=1S/C22H23N3O3/c26-20-8-3-7-19-16-11-15(13-25(19)20)12-23(14-16)9-4-10-24-21(27)17-5-1-2-6-18(17)22(24)28/h1-3,5-8,15-16H,4,9-14H2. The molecule has 1 aromatic heterocycles. The molecule has 2 aromatic rings. The molecule has 0 N–H and O–H groups in total. The van der Waals surface area contributed by atoms with Crippen molar-refractivity contribution in [3.63, 3.8) is 0 Å². The number of imide groups is 1. The zero-order valence-corrected chi connectivity index (χ0v) is 15.7. The van der Waals surface area contributed by atoms with Crippen LogP contribution >= 0.6 is 0 Å². The summed E-state index contributed by atoms with van der Waals surface area (Å²) in [4.78, 5) is 40.9. The molecule has 2 amide bonds. The Morgan fingerprint density at radius 3 is 2.32 bits per heavy atom. The second-order valence-electron chi connectivity index (χ2n) is 8.12. The van der Waals surface area contributed by atoms with E-state index in [2.05, 4.69) is 11.0 Å². The fourth-order valence-corrected chi connectivity index (χ4v) is 5.07. The lowest BCUT2D eigenvalue weighted by atomic mass is 9.83. The van der Waals surface area contributed by atoms with Crippen LogP contribution in [0, 0.1) is 5.92 Å². The third-order valence-corrected chi connectivity index (χ3v) is 6.29. The molecular weight excluding hydrogens is 354 g/mol. The smallest absolute Gasteiger partial charge is 0.261 e. The molecule has 1 aromatic carbocycles. The van der Waals surface area contributed by atoms with Crippen LogP contribution in [-0.4, -0.2) is 52.4 Å². The SMILES string of the molecule is O=C1c2ccccc2C(=O)N1CCCN1CC2CC(C1)c1cccc(=O)n1C2. The van der Waals surface area contributed by atoms with Crippen molar-refractivity contribution in [2.75, 3.05) is 26.2 Å². The van der Waals surface area contributed by atoms with Gasteiger partial charge in [-0.25, -0.2) is 0 Å². The third-order valence-electron chi connectivity index (χ3n) is 6.29. The summed E-state index contributed by atoms with van der Waals surface area (Å²) in [5.41, 5.74) is 2.28. The van der Waals surface area contributed by atoms with Crippen LogP contribution in [0.3, 0.4) is 0 Å². The van der Waals surface area contributed by atoms with Crippen LogP contribution in [0.25, 0.3) is 0 Å². The quantitative estimate of drug-likeness (QED) is 0.764. The van der Waals surface area contributed by atoms with Gasteiger partial charge in [0.05, 0.1) is 11.1 Å². The number of nitrogens with zero attached hydrogens (tertiary/aromatic N) is 3. The summed E-state index contributed by atoms with van der Waals surface area (Å²) in [6, 6.07) is 12.6. The molecule has 0 aliphatic carbocycles. The maximum atomic E-state index is 12.5. The number of carbonyl (C=O) groups is 2. The van der Waals surface area contributed by atoms with Gasteiger partial charge >= 0.3 is 0 Å². The number of rotatable bonds is 4. The number of carbonyl (C=O) groups excluding carboxylic acids is 2. The predicted octanol–water partition coefficient (Wildman–Crippen LogP) is 1.95. The summed E-state index contributed by atoms with van der Waals surface area (Å²) in [5.74, 6) is 0.528. The van der Waals surface area contributed by atoms with Crippen LogP contribution in [0.4, 0.5) is 0 Å². The van der Waals surface area contributed by atoms with Gasteiger partial charge in [0.25, 0.3) is 17.4 Å². The lowest BCUT2D eigenvalue weighted by Gasteiger charge is -2.42. The molecule has 2 unspecified atom stereocenters. The molecule has 3 aliphatic heterocycles. The Kier molecular flexibility index (Phi) is 4.16. The number of aromatic nitrogens is 1. The van der Waals surface area contributed by atoms with Gasteiger partial charge in [0.15, 0.2) is 0 Å². The van der Waals surface area contributed by atoms with Gasteiger partial charge in [-0.1, -0.05) is 18.2 Å². The average Bonchev–Trinajstić information content (AvgIpc) is 2.94. The van der Waals surface area contributed by atoms with Crippen molar-refractivity contribution in [1.29, 1.82) is 0 Å². The lowest BCUT2D eigenvalue weighted by molar-refractivity contribution is 0.0636. The van der Waals surface area contributed by atoms with Gasteiger partial charge in [-0.2, -0.15) is 0 Å². The number of fused-ring (bicyclic) bond motifs is 5. The molecular formula is C22H23N3O3. The van der Waals surface area contributed by atoms with E-state index in [4.69, 9.17) is 0 Å². The monoisotopic (exact) mass is 377 g/mol. The van der Waals surface area contributed by atoms with Crippen LogP contribution in [0.15, 0.2) is 47.3 Å². The number of hydrogen-bond acceptors (Lipinski definition) is 4. The molecule has 0 radical (unpaired) electrons. The molecule has 0 spiro atoms. The molecule has 144 valence electrons. The first-order valence-electron chi connectivity index (χ1n) is 9.99. The summed E-state index contributed by atoms with van der Waals surface area (Å²) in [6.07, 6.45) is 1.91. The van der Waals surface area contributed by atoms with Crippen LogP contribution in [0.1, 0.15) is 45.2 Å². The van der Waals surface area contributed by atoms with E-state index in [1.54, 1.807) is 30.3 Å². The van der Waals surface area contributed by atoms with Gasteiger partial charge in [0.1, 0.15) is 0 Å². The Morgan fingerprint density at radius 2 is 1.57 bits per heavy atom. The highest BCUT2D eigenvalue weighted by Gasteiger charge is 2.36. The lowest BCUT2D eigenvalue weighted by Crippen LogP contribution is -2.47. The predicted molar refractivity (Wildman–Crippen MR) is 104 cm³/mol. The Hall–Kier alpha value is -2.73. The summed E-state index contributed by atoms with van der Waals surface area (Å²) in [6.45, 7) is 4.01. The molecule has 6 nitrogen and oxygen atoms in total. The summed E-state index contributed by atoms with van der Waals surface area (Å²) < 4.78 is 1.94. The molecule has 3 aliphatic rings. The molecule has 2 atom stereocenters. The number of pyridine rings is 1. The van der Waals surface area contributed by atoms with Crippen molar-refractivity contribution in [2.24, 2.45) is 5.92 Å². The van der Waals surface area contributed by atoms with Crippen molar-refractivity contribution in [3.05, 3.63) is 69.6 Å². The van der Waals surface area contributed by atoms with Crippen LogP contribution < -0.4 is 5.56 Å². The number of piperidine rings is 1. The second kappa shape index (κ2) is 6.71. The van der Waals surface area contributed by atoms with E-state index in [0.717, 1.165) is 44.7 Å². The Balaban J connectivity index is 1.22. The van der Waals surface area contributed by atoms with Gasteiger partial charge < -0.3 is 9.47 Å². The van der Waals surface area contributed by atoms with Crippen LogP contribution in [-0.2, 0) is 6.54 Å². The topological polar surface area (TPSA) is 62.6 Å². The molecule has 4 heterocycles. The molecule has 1 saturated heterocycles. The van der Waals surface area contributed by atoms with Gasteiger partial charge in [-0.3, -0.25) is 19.3 Å². The van der Waals surface area contributed by atoms with Crippen molar-refractivity contribution in [3.8, 4) is 0 Å². The summed E-state index contributed by atoms with van der Waals surface area (Å²) in [5, 5.41) is 0. The van der Waals surface area contributed by atoms with Crippen LogP contribution in [0.5, 0.6) is 0 Å². The first kappa shape index (κ1) is 17.4. The third kappa shape index (κ3) is 2.79. The van der Waals surface area contributed by atoms with E-state index >= 15 is 0 Å². The first-order chi connectivity index (χ1) is 13.6. The van der Waals surface area contributed by atoms with E-state index in [0.29, 0.717) is 29.5 Å². The second-order valence-corrected chi connectivity index (χ2v) is 8.12. The molecule has 6 heteroatoms. The minimum Gasteiger partial charge on any atom is -0.312 e. The van der Waals surface area contributed by atoms with Crippen molar-refractivity contribution < 1.29 is 9.59 Å². The van der Waals surface area contributed by atoms with Gasteiger partial charge in [-0.05, 0) is 43.5 Å². The zero-order chi connectivity index (χ0) is 19.3. The molecule has 5 rings (SSSR count). The zero-order valence-electron chi connectivity index (χ0n) is 15.7. The highest BCUT2D eigenvalue weighted by atomic mass is 16.2. The molecule has 28 heavy (non-hydrogen) atoms. The minimum atomic E-state index is -0.176. The van der Waals surface area contributed by atoms with Gasteiger partial charge in [-0.15, -0.1) is 0 Å². The summed E-state index contributed by atoms with van der Waals surface area (Å²) in [7, 11) is 0. The van der Waals surface area contributed by atoms with Gasteiger partial charge in [0.2, 0.25) is 0 Å². The largest absolute Gasteiger partial charge is 0.312 e. The van der Waals surface area contributed by atoms with E-state index in [1.165, 1.54) is 4.90 Å². The van der Waals surface area contributed by atoms with E-state index < -0.39 is 0 Å². The first-order valence-corrected chi connectivity index (χ1v) is 9.99. The van der Waals surface area contributed by atoms with E-state index in [1.807, 2.05) is 10.6 Å². The Bertz CT molecular complexity index is 977. The minimum absolute atomic E-state index is 0.103.